The minimum absolute atomic E-state index is 0.565. The van der Waals surface area contributed by atoms with E-state index in [1.807, 2.05) is 0 Å². The lowest BCUT2D eigenvalue weighted by Crippen LogP contribution is -2.08. The van der Waals surface area contributed by atoms with Crippen molar-refractivity contribution in [2.45, 2.75) is 46.0 Å². The maximum atomic E-state index is 2.41. The molecule has 0 heteroatoms. The molecule has 1 rings (SSSR count). The molecule has 0 aromatic heterocycles. The van der Waals surface area contributed by atoms with Crippen LogP contribution in [0.15, 0.2) is 12.2 Å². The minimum atomic E-state index is 0.565. The second kappa shape index (κ2) is 3.23. The molecule has 0 radical (unpaired) electrons. The van der Waals surface area contributed by atoms with Crippen LogP contribution in [-0.2, 0) is 0 Å². The molecule has 1 aliphatic rings. The number of allylic oxidation sites excluding steroid dienone is 2. The molecule has 0 aliphatic heterocycles. The number of hydrogen-bond acceptors (Lipinski definition) is 0. The van der Waals surface area contributed by atoms with Gasteiger partial charge in [-0.15, -0.1) is 0 Å². The zero-order chi connectivity index (χ0) is 7.45. The molecular weight excluding hydrogens is 120 g/mol. The molecule has 0 amide bonds. The van der Waals surface area contributed by atoms with Crippen LogP contribution >= 0.6 is 0 Å². The summed E-state index contributed by atoms with van der Waals surface area (Å²) in [6.07, 6.45) is 11.5. The summed E-state index contributed by atoms with van der Waals surface area (Å²) in [5.74, 6) is 0. The lowest BCUT2D eigenvalue weighted by atomic mass is 9.85. The lowest BCUT2D eigenvalue weighted by molar-refractivity contribution is 0.371. The van der Waals surface area contributed by atoms with Crippen LogP contribution in [0.3, 0.4) is 0 Å². The van der Waals surface area contributed by atoms with E-state index < -0.39 is 0 Å². The minimum Gasteiger partial charge on any atom is -0.0880 e. The van der Waals surface area contributed by atoms with Crippen molar-refractivity contribution in [2.24, 2.45) is 5.41 Å². The third-order valence-corrected chi connectivity index (χ3v) is 2.50. The van der Waals surface area contributed by atoms with Gasteiger partial charge in [0.15, 0.2) is 0 Å². The van der Waals surface area contributed by atoms with Gasteiger partial charge in [-0.05, 0) is 24.7 Å². The van der Waals surface area contributed by atoms with Gasteiger partial charge in [-0.25, -0.2) is 0 Å². The van der Waals surface area contributed by atoms with Crippen LogP contribution in [-0.4, -0.2) is 0 Å². The highest BCUT2D eigenvalue weighted by Gasteiger charge is 2.22. The topological polar surface area (TPSA) is 0 Å². The quantitative estimate of drug-likeness (QED) is 0.523. The Morgan fingerprint density at radius 3 is 2.80 bits per heavy atom. The van der Waals surface area contributed by atoms with Gasteiger partial charge in [-0.3, -0.25) is 0 Å². The normalized spacial score (nSPS) is 31.4. The van der Waals surface area contributed by atoms with Crippen molar-refractivity contribution in [1.29, 1.82) is 0 Å². The van der Waals surface area contributed by atoms with Gasteiger partial charge in [0, 0.05) is 0 Å². The zero-order valence-electron chi connectivity index (χ0n) is 7.19. The van der Waals surface area contributed by atoms with E-state index in [9.17, 15) is 0 Å². The van der Waals surface area contributed by atoms with Gasteiger partial charge < -0.3 is 0 Å². The standard InChI is InChI=1S/C10H18/c1-3-4-7-10(2)8-5-6-9-10/h5,8H,3-4,6-7,9H2,1-2H3. The maximum absolute atomic E-state index is 2.41. The molecule has 10 heavy (non-hydrogen) atoms. The third kappa shape index (κ3) is 1.86. The monoisotopic (exact) mass is 138 g/mol. The van der Waals surface area contributed by atoms with Crippen LogP contribution < -0.4 is 0 Å². The Kier molecular flexibility index (Phi) is 2.53. The molecule has 0 nitrogen and oxygen atoms in total. The molecule has 0 aromatic rings. The Hall–Kier alpha value is -0.260. The molecule has 0 N–H and O–H groups in total. The summed E-state index contributed by atoms with van der Waals surface area (Å²) >= 11 is 0. The first kappa shape index (κ1) is 7.84. The van der Waals surface area contributed by atoms with E-state index >= 15 is 0 Å². The van der Waals surface area contributed by atoms with E-state index in [1.165, 1.54) is 32.1 Å². The van der Waals surface area contributed by atoms with E-state index in [4.69, 9.17) is 0 Å². The highest BCUT2D eigenvalue weighted by Crippen LogP contribution is 2.35. The third-order valence-electron chi connectivity index (χ3n) is 2.50. The van der Waals surface area contributed by atoms with Gasteiger partial charge in [-0.1, -0.05) is 38.8 Å². The van der Waals surface area contributed by atoms with Crippen molar-refractivity contribution in [3.05, 3.63) is 12.2 Å². The van der Waals surface area contributed by atoms with Gasteiger partial charge in [0.2, 0.25) is 0 Å². The van der Waals surface area contributed by atoms with Gasteiger partial charge in [0.1, 0.15) is 0 Å². The lowest BCUT2D eigenvalue weighted by Gasteiger charge is -2.20. The molecule has 1 unspecified atom stereocenters. The molecule has 0 fully saturated rings. The Bertz CT molecular complexity index is 124. The molecule has 1 atom stereocenters. The largest absolute Gasteiger partial charge is 0.0880 e. The first-order chi connectivity index (χ1) is 4.77. The summed E-state index contributed by atoms with van der Waals surface area (Å²) < 4.78 is 0. The van der Waals surface area contributed by atoms with Crippen molar-refractivity contribution in [3.8, 4) is 0 Å². The molecule has 0 aromatic carbocycles. The molecule has 0 bridgehead atoms. The van der Waals surface area contributed by atoms with E-state index in [1.54, 1.807) is 0 Å². The molecule has 0 spiro atoms. The number of hydrogen-bond donors (Lipinski definition) is 0. The molecule has 1 aliphatic carbocycles. The summed E-state index contributed by atoms with van der Waals surface area (Å²) in [7, 11) is 0. The zero-order valence-corrected chi connectivity index (χ0v) is 7.19. The fourth-order valence-corrected chi connectivity index (χ4v) is 1.65. The van der Waals surface area contributed by atoms with E-state index in [2.05, 4.69) is 26.0 Å². The van der Waals surface area contributed by atoms with Crippen LogP contribution in [0.5, 0.6) is 0 Å². The van der Waals surface area contributed by atoms with Crippen molar-refractivity contribution >= 4 is 0 Å². The molecular formula is C10H18. The first-order valence-electron chi connectivity index (χ1n) is 4.44. The van der Waals surface area contributed by atoms with Crippen LogP contribution in [0.25, 0.3) is 0 Å². The fraction of sp³-hybridized carbons (Fsp3) is 0.800. The average Bonchev–Trinajstić information content (AvgIpc) is 2.33. The summed E-state index contributed by atoms with van der Waals surface area (Å²) in [6, 6.07) is 0. The average molecular weight is 138 g/mol. The van der Waals surface area contributed by atoms with E-state index in [0.29, 0.717) is 5.41 Å². The van der Waals surface area contributed by atoms with Gasteiger partial charge >= 0.3 is 0 Å². The molecule has 0 saturated carbocycles. The van der Waals surface area contributed by atoms with Crippen LogP contribution in [0.2, 0.25) is 0 Å². The van der Waals surface area contributed by atoms with Crippen molar-refractivity contribution in [1.82, 2.24) is 0 Å². The van der Waals surface area contributed by atoms with Crippen LogP contribution in [0, 0.1) is 5.41 Å². The summed E-state index contributed by atoms with van der Waals surface area (Å²) in [5.41, 5.74) is 0.565. The Morgan fingerprint density at radius 2 is 2.30 bits per heavy atom. The Morgan fingerprint density at radius 1 is 1.50 bits per heavy atom. The van der Waals surface area contributed by atoms with Gasteiger partial charge in [-0.2, -0.15) is 0 Å². The van der Waals surface area contributed by atoms with Crippen LogP contribution in [0.1, 0.15) is 46.0 Å². The SMILES string of the molecule is CCCCC1(C)C=CCC1. The Labute approximate surface area is 64.3 Å². The van der Waals surface area contributed by atoms with Crippen molar-refractivity contribution in [2.75, 3.05) is 0 Å². The summed E-state index contributed by atoms with van der Waals surface area (Å²) in [5, 5.41) is 0. The van der Waals surface area contributed by atoms with E-state index in [0.717, 1.165) is 0 Å². The first-order valence-corrected chi connectivity index (χ1v) is 4.44. The highest BCUT2D eigenvalue weighted by molar-refractivity contribution is 5.04. The second-order valence-corrected chi connectivity index (χ2v) is 3.70. The maximum Gasteiger partial charge on any atom is -0.0144 e. The second-order valence-electron chi connectivity index (χ2n) is 3.70. The predicted octanol–water partition coefficient (Wildman–Crippen LogP) is 3.53. The van der Waals surface area contributed by atoms with Gasteiger partial charge in [0.05, 0.1) is 0 Å². The molecule has 0 heterocycles. The summed E-state index contributed by atoms with van der Waals surface area (Å²) in [6.45, 7) is 4.65. The molecule has 58 valence electrons. The summed E-state index contributed by atoms with van der Waals surface area (Å²) in [4.78, 5) is 0. The van der Waals surface area contributed by atoms with Crippen molar-refractivity contribution < 1.29 is 0 Å². The van der Waals surface area contributed by atoms with Gasteiger partial charge in [0.25, 0.3) is 0 Å². The van der Waals surface area contributed by atoms with Crippen LogP contribution in [0.4, 0.5) is 0 Å². The fourth-order valence-electron chi connectivity index (χ4n) is 1.65. The Balaban J connectivity index is 2.30. The molecule has 0 saturated heterocycles. The van der Waals surface area contributed by atoms with Crippen molar-refractivity contribution in [3.63, 3.8) is 0 Å². The number of rotatable bonds is 3. The van der Waals surface area contributed by atoms with E-state index in [-0.39, 0.29) is 0 Å². The smallest absolute Gasteiger partial charge is 0.0144 e. The number of unbranched alkanes of at least 4 members (excludes halogenated alkanes) is 1. The highest BCUT2D eigenvalue weighted by atomic mass is 14.3. The predicted molar refractivity (Wildman–Crippen MR) is 46.0 cm³/mol.